The summed E-state index contributed by atoms with van der Waals surface area (Å²) in [5.41, 5.74) is 0.648. The zero-order chi connectivity index (χ0) is 19.8. The smallest absolute Gasteiger partial charge is 0.266 e. The number of hydrogen-bond acceptors (Lipinski definition) is 4. The fraction of sp³-hybridized carbons (Fsp3) is 0.619. The Labute approximate surface area is 162 Å². The van der Waals surface area contributed by atoms with Crippen molar-refractivity contribution in [2.24, 2.45) is 11.8 Å². The van der Waals surface area contributed by atoms with Gasteiger partial charge < -0.3 is 20.3 Å². The van der Waals surface area contributed by atoms with E-state index < -0.39 is 6.10 Å². The fourth-order valence-corrected chi connectivity index (χ4v) is 3.29. The van der Waals surface area contributed by atoms with E-state index in [2.05, 4.69) is 43.2 Å². The summed E-state index contributed by atoms with van der Waals surface area (Å²) in [7, 11) is 0. The van der Waals surface area contributed by atoms with Crippen molar-refractivity contribution in [3.05, 3.63) is 24.3 Å². The lowest BCUT2D eigenvalue weighted by atomic mass is 10.1. The highest BCUT2D eigenvalue weighted by Crippen LogP contribution is 2.29. The molecule has 0 aliphatic carbocycles. The number of carbonyl (C=O) groups is 2. The lowest BCUT2D eigenvalue weighted by Gasteiger charge is -2.26. The normalized spacial score (nSPS) is 16.3. The number of rotatable bonds is 10. The first-order chi connectivity index (χ1) is 12.8. The molecule has 0 saturated carbocycles. The number of ether oxygens (including phenoxy) is 1. The van der Waals surface area contributed by atoms with Gasteiger partial charge in [0.15, 0.2) is 6.10 Å². The standard InChI is InChI=1S/C21H33N3O3/c1-15(2)13-24(14-16(3)4)11-7-10-22-20(25)12-19-21(26)23-17-8-5-6-9-18(17)27-19/h5-6,8-9,15-16,19H,7,10-14H2,1-4H3,(H,22,25)(H,23,26)/t19-/m1/s1. The number of benzene rings is 1. The molecule has 1 aliphatic rings. The molecule has 1 aliphatic heterocycles. The van der Waals surface area contributed by atoms with Gasteiger partial charge >= 0.3 is 0 Å². The second-order valence-corrected chi connectivity index (χ2v) is 8.05. The number of para-hydroxylation sites is 2. The molecule has 2 N–H and O–H groups in total. The number of nitrogens with one attached hydrogen (secondary N) is 2. The summed E-state index contributed by atoms with van der Waals surface area (Å²) in [4.78, 5) is 26.7. The highest BCUT2D eigenvalue weighted by Gasteiger charge is 2.29. The van der Waals surface area contributed by atoms with Crippen LogP contribution in [0.1, 0.15) is 40.5 Å². The van der Waals surface area contributed by atoms with Gasteiger partial charge in [-0.2, -0.15) is 0 Å². The van der Waals surface area contributed by atoms with Crippen molar-refractivity contribution in [2.75, 3.05) is 31.5 Å². The molecule has 0 unspecified atom stereocenters. The third-order valence-corrected chi connectivity index (χ3v) is 4.30. The van der Waals surface area contributed by atoms with E-state index in [4.69, 9.17) is 4.74 Å². The van der Waals surface area contributed by atoms with E-state index in [1.165, 1.54) is 0 Å². The Morgan fingerprint density at radius 1 is 1.19 bits per heavy atom. The van der Waals surface area contributed by atoms with Crippen LogP contribution >= 0.6 is 0 Å². The van der Waals surface area contributed by atoms with Crippen LogP contribution in [0.2, 0.25) is 0 Å². The van der Waals surface area contributed by atoms with Crippen LogP contribution in [0.4, 0.5) is 5.69 Å². The van der Waals surface area contributed by atoms with E-state index in [9.17, 15) is 9.59 Å². The maximum absolute atomic E-state index is 12.2. The van der Waals surface area contributed by atoms with Gasteiger partial charge in [-0.25, -0.2) is 0 Å². The SMILES string of the molecule is CC(C)CN(CCCNC(=O)C[C@H]1Oc2ccccc2NC1=O)CC(C)C. The van der Waals surface area contributed by atoms with Crippen LogP contribution in [0.3, 0.4) is 0 Å². The number of nitrogens with zero attached hydrogens (tertiary/aromatic N) is 1. The number of amides is 2. The average Bonchev–Trinajstić information content (AvgIpc) is 2.58. The predicted molar refractivity (Wildman–Crippen MR) is 108 cm³/mol. The molecule has 1 aromatic carbocycles. The van der Waals surface area contributed by atoms with Crippen LogP contribution in [0.5, 0.6) is 5.75 Å². The van der Waals surface area contributed by atoms with Gasteiger partial charge in [-0.1, -0.05) is 39.8 Å². The Balaban J connectivity index is 1.72. The maximum Gasteiger partial charge on any atom is 0.266 e. The van der Waals surface area contributed by atoms with Crippen LogP contribution in [-0.2, 0) is 9.59 Å². The first kappa shape index (κ1) is 21.2. The van der Waals surface area contributed by atoms with Crippen molar-refractivity contribution in [1.82, 2.24) is 10.2 Å². The molecule has 0 spiro atoms. The summed E-state index contributed by atoms with van der Waals surface area (Å²) in [6.45, 7) is 12.6. The van der Waals surface area contributed by atoms with Gasteiger partial charge in [0.1, 0.15) is 5.75 Å². The van der Waals surface area contributed by atoms with Gasteiger partial charge in [-0.15, -0.1) is 0 Å². The quantitative estimate of drug-likeness (QED) is 0.617. The minimum atomic E-state index is -0.779. The van der Waals surface area contributed by atoms with E-state index >= 15 is 0 Å². The first-order valence-electron chi connectivity index (χ1n) is 9.90. The van der Waals surface area contributed by atoms with Gasteiger partial charge in [-0.3, -0.25) is 9.59 Å². The van der Waals surface area contributed by atoms with Crippen LogP contribution < -0.4 is 15.4 Å². The van der Waals surface area contributed by atoms with Gasteiger partial charge in [0, 0.05) is 19.6 Å². The van der Waals surface area contributed by atoms with Crippen LogP contribution in [0.25, 0.3) is 0 Å². The second-order valence-electron chi connectivity index (χ2n) is 8.05. The Kier molecular flexibility index (Phi) is 8.10. The Hall–Kier alpha value is -2.08. The zero-order valence-electron chi connectivity index (χ0n) is 17.0. The predicted octanol–water partition coefficient (Wildman–Crippen LogP) is 2.90. The molecule has 0 aromatic heterocycles. The summed E-state index contributed by atoms with van der Waals surface area (Å²) in [5.74, 6) is 1.43. The average molecular weight is 376 g/mol. The molecule has 6 nitrogen and oxygen atoms in total. The topological polar surface area (TPSA) is 70.7 Å². The monoisotopic (exact) mass is 375 g/mol. The molecule has 0 bridgehead atoms. The highest BCUT2D eigenvalue weighted by atomic mass is 16.5. The van der Waals surface area contributed by atoms with E-state index in [1.807, 2.05) is 12.1 Å². The molecule has 6 heteroatoms. The summed E-state index contributed by atoms with van der Waals surface area (Å²) in [5, 5.41) is 5.69. The lowest BCUT2D eigenvalue weighted by Crippen LogP contribution is -2.41. The van der Waals surface area contributed by atoms with E-state index in [0.29, 0.717) is 29.8 Å². The molecule has 2 amide bonds. The highest BCUT2D eigenvalue weighted by molar-refractivity contribution is 5.99. The van der Waals surface area contributed by atoms with Crippen molar-refractivity contribution in [1.29, 1.82) is 0 Å². The van der Waals surface area contributed by atoms with Crippen LogP contribution in [0, 0.1) is 11.8 Å². The molecule has 150 valence electrons. The number of hydrogen-bond donors (Lipinski definition) is 2. The molecular weight excluding hydrogens is 342 g/mol. The molecule has 27 heavy (non-hydrogen) atoms. The van der Waals surface area contributed by atoms with Crippen molar-refractivity contribution >= 4 is 17.5 Å². The fourth-order valence-electron chi connectivity index (χ4n) is 3.29. The summed E-state index contributed by atoms with van der Waals surface area (Å²) in [6.07, 6.45) is 0.145. The molecule has 1 atom stereocenters. The molecule has 1 heterocycles. The molecule has 2 rings (SSSR count). The number of anilines is 1. The summed E-state index contributed by atoms with van der Waals surface area (Å²) < 4.78 is 5.67. The van der Waals surface area contributed by atoms with Crippen molar-refractivity contribution in [2.45, 2.75) is 46.6 Å². The molecular formula is C21H33N3O3. The van der Waals surface area contributed by atoms with Crippen LogP contribution in [0.15, 0.2) is 24.3 Å². The Bertz CT molecular complexity index is 621. The third kappa shape index (κ3) is 7.21. The minimum absolute atomic E-state index is 0.0296. The van der Waals surface area contributed by atoms with E-state index in [0.717, 1.165) is 26.1 Å². The van der Waals surface area contributed by atoms with E-state index in [-0.39, 0.29) is 18.2 Å². The molecule has 0 fully saturated rings. The van der Waals surface area contributed by atoms with Gasteiger partial charge in [0.2, 0.25) is 5.91 Å². The second kappa shape index (κ2) is 10.3. The largest absolute Gasteiger partial charge is 0.478 e. The summed E-state index contributed by atoms with van der Waals surface area (Å²) in [6, 6.07) is 7.24. The molecule has 0 saturated heterocycles. The van der Waals surface area contributed by atoms with Gasteiger partial charge in [0.25, 0.3) is 5.91 Å². The number of carbonyl (C=O) groups excluding carboxylic acids is 2. The zero-order valence-corrected chi connectivity index (χ0v) is 17.0. The van der Waals surface area contributed by atoms with Gasteiger partial charge in [-0.05, 0) is 36.9 Å². The van der Waals surface area contributed by atoms with Crippen molar-refractivity contribution in [3.8, 4) is 5.75 Å². The van der Waals surface area contributed by atoms with Crippen molar-refractivity contribution < 1.29 is 14.3 Å². The number of fused-ring (bicyclic) bond motifs is 1. The maximum atomic E-state index is 12.2. The molecule has 0 radical (unpaired) electrons. The van der Waals surface area contributed by atoms with Crippen LogP contribution in [-0.4, -0.2) is 49.0 Å². The molecule has 1 aromatic rings. The Morgan fingerprint density at radius 2 is 1.85 bits per heavy atom. The minimum Gasteiger partial charge on any atom is -0.478 e. The Morgan fingerprint density at radius 3 is 2.52 bits per heavy atom. The van der Waals surface area contributed by atoms with E-state index in [1.54, 1.807) is 12.1 Å². The summed E-state index contributed by atoms with van der Waals surface area (Å²) >= 11 is 0. The van der Waals surface area contributed by atoms with Crippen molar-refractivity contribution in [3.63, 3.8) is 0 Å². The third-order valence-electron chi connectivity index (χ3n) is 4.30. The first-order valence-corrected chi connectivity index (χ1v) is 9.90. The van der Waals surface area contributed by atoms with Gasteiger partial charge in [0.05, 0.1) is 12.1 Å². The lowest BCUT2D eigenvalue weighted by molar-refractivity contribution is -0.130.